The van der Waals surface area contributed by atoms with Crippen molar-refractivity contribution in [3.8, 4) is 0 Å². The molecule has 0 radical (unpaired) electrons. The fraction of sp³-hybridized carbons (Fsp3) is 0.333. The number of carbonyl (C=O) groups excluding carboxylic acids is 1. The fourth-order valence-corrected chi connectivity index (χ4v) is 1.75. The Kier molecular flexibility index (Phi) is 4.84. The molecule has 0 aliphatic rings. The summed E-state index contributed by atoms with van der Waals surface area (Å²) in [5, 5.41) is 18.5. The van der Waals surface area contributed by atoms with Gasteiger partial charge in [-0.1, -0.05) is 39.7 Å². The molecule has 1 aromatic carbocycles. The number of benzene rings is 1. The molecule has 0 amide bonds. The Morgan fingerprint density at radius 2 is 2.06 bits per heavy atom. The van der Waals surface area contributed by atoms with Crippen LogP contribution in [0.15, 0.2) is 18.2 Å². The maximum absolute atomic E-state index is 11.4. The molecule has 1 aromatic rings. The third-order valence-electron chi connectivity index (χ3n) is 2.36. The number of halogens is 1. The van der Waals surface area contributed by atoms with E-state index in [1.807, 2.05) is 6.92 Å². The monoisotopic (exact) mass is 300 g/mol. The minimum absolute atomic E-state index is 0.0607. The number of Topliss-reactive ketones (excluding diaryl/α,β-unsaturated/α-hetero) is 1. The first-order valence-electron chi connectivity index (χ1n) is 5.03. The van der Waals surface area contributed by atoms with Crippen LogP contribution in [-0.2, 0) is 16.0 Å². The Morgan fingerprint density at radius 3 is 2.59 bits per heavy atom. The molecule has 2 N–H and O–H groups in total. The van der Waals surface area contributed by atoms with E-state index in [1.165, 1.54) is 0 Å². The van der Waals surface area contributed by atoms with Gasteiger partial charge < -0.3 is 10.2 Å². The summed E-state index contributed by atoms with van der Waals surface area (Å²) < 4.78 is 0. The summed E-state index contributed by atoms with van der Waals surface area (Å²) in [6.07, 6.45) is -1.47. The second kappa shape index (κ2) is 5.93. The highest BCUT2D eigenvalue weighted by Gasteiger charge is 2.20. The summed E-state index contributed by atoms with van der Waals surface area (Å²) in [6.45, 7) is 1.85. The van der Waals surface area contributed by atoms with Gasteiger partial charge in [-0.15, -0.1) is 0 Å². The SMILES string of the molecule is Cc1ccc(C(O)C(=O)O)c(CC(=O)CBr)c1. The molecule has 1 atom stereocenters. The van der Waals surface area contributed by atoms with Gasteiger partial charge in [0.1, 0.15) is 5.78 Å². The first-order valence-corrected chi connectivity index (χ1v) is 6.15. The Bertz CT molecular complexity index is 442. The van der Waals surface area contributed by atoms with Gasteiger partial charge in [0.25, 0.3) is 0 Å². The second-order valence-corrected chi connectivity index (χ2v) is 4.35. The number of aliphatic hydroxyl groups is 1. The summed E-state index contributed by atoms with van der Waals surface area (Å²) in [7, 11) is 0. The number of hydrogen-bond donors (Lipinski definition) is 2. The van der Waals surface area contributed by atoms with Crippen molar-refractivity contribution >= 4 is 27.7 Å². The molecule has 4 nitrogen and oxygen atoms in total. The smallest absolute Gasteiger partial charge is 0.337 e. The Labute approximate surface area is 107 Å². The number of hydrogen-bond acceptors (Lipinski definition) is 3. The van der Waals surface area contributed by atoms with Crippen LogP contribution in [0.2, 0.25) is 0 Å². The summed E-state index contributed by atoms with van der Waals surface area (Å²) in [4.78, 5) is 22.1. The van der Waals surface area contributed by atoms with E-state index in [4.69, 9.17) is 5.11 Å². The maximum Gasteiger partial charge on any atom is 0.337 e. The summed E-state index contributed by atoms with van der Waals surface area (Å²) in [5.41, 5.74) is 1.76. The van der Waals surface area contributed by atoms with Crippen molar-refractivity contribution in [2.45, 2.75) is 19.4 Å². The number of ketones is 1. The van der Waals surface area contributed by atoms with Gasteiger partial charge in [0.15, 0.2) is 6.10 Å². The highest BCUT2D eigenvalue weighted by molar-refractivity contribution is 9.09. The quantitative estimate of drug-likeness (QED) is 0.810. The minimum Gasteiger partial charge on any atom is -0.479 e. The van der Waals surface area contributed by atoms with Crippen LogP contribution < -0.4 is 0 Å². The van der Waals surface area contributed by atoms with Crippen LogP contribution in [0.5, 0.6) is 0 Å². The molecule has 0 aliphatic carbocycles. The predicted octanol–water partition coefficient (Wildman–Crippen LogP) is 1.62. The lowest BCUT2D eigenvalue weighted by molar-refractivity contribution is -0.147. The molecule has 0 saturated carbocycles. The average Bonchev–Trinajstić information content (AvgIpc) is 2.28. The van der Waals surface area contributed by atoms with Gasteiger partial charge in [0.05, 0.1) is 5.33 Å². The van der Waals surface area contributed by atoms with E-state index < -0.39 is 12.1 Å². The molecule has 0 aliphatic heterocycles. The number of rotatable bonds is 5. The third kappa shape index (κ3) is 3.64. The zero-order chi connectivity index (χ0) is 13.0. The first kappa shape index (κ1) is 13.9. The minimum atomic E-state index is -1.59. The van der Waals surface area contributed by atoms with Gasteiger partial charge in [-0.2, -0.15) is 0 Å². The van der Waals surface area contributed by atoms with E-state index in [9.17, 15) is 14.7 Å². The predicted molar refractivity (Wildman–Crippen MR) is 66.3 cm³/mol. The van der Waals surface area contributed by atoms with Crippen LogP contribution >= 0.6 is 15.9 Å². The van der Waals surface area contributed by atoms with Crippen LogP contribution in [-0.4, -0.2) is 27.3 Å². The molecule has 0 heterocycles. The molecule has 17 heavy (non-hydrogen) atoms. The molecule has 1 rings (SSSR count). The Balaban J connectivity index is 3.11. The molecule has 0 aromatic heterocycles. The number of alkyl halides is 1. The summed E-state index contributed by atoms with van der Waals surface area (Å²) in [6, 6.07) is 4.98. The topological polar surface area (TPSA) is 74.6 Å². The molecule has 0 bridgehead atoms. The molecule has 0 spiro atoms. The van der Waals surface area contributed by atoms with Crippen molar-refractivity contribution in [2.24, 2.45) is 0 Å². The van der Waals surface area contributed by atoms with Gasteiger partial charge in [0, 0.05) is 6.42 Å². The number of aliphatic hydroxyl groups excluding tert-OH is 1. The molecule has 0 saturated heterocycles. The van der Waals surface area contributed by atoms with Crippen molar-refractivity contribution in [2.75, 3.05) is 5.33 Å². The van der Waals surface area contributed by atoms with Crippen molar-refractivity contribution < 1.29 is 19.8 Å². The highest BCUT2D eigenvalue weighted by atomic mass is 79.9. The lowest BCUT2D eigenvalue weighted by Gasteiger charge is -2.12. The van der Waals surface area contributed by atoms with Gasteiger partial charge in [-0.05, 0) is 18.1 Å². The number of carbonyl (C=O) groups is 2. The van der Waals surface area contributed by atoms with Crippen LogP contribution in [0, 0.1) is 6.92 Å². The van der Waals surface area contributed by atoms with Crippen molar-refractivity contribution in [3.05, 3.63) is 34.9 Å². The first-order chi connectivity index (χ1) is 7.95. The van der Waals surface area contributed by atoms with E-state index in [1.54, 1.807) is 18.2 Å². The molecule has 0 fully saturated rings. The Morgan fingerprint density at radius 1 is 1.41 bits per heavy atom. The van der Waals surface area contributed by atoms with E-state index >= 15 is 0 Å². The standard InChI is InChI=1S/C12H13BrO4/c1-7-2-3-10(11(15)12(16)17)8(4-7)5-9(14)6-13/h2-4,11,15H,5-6H2,1H3,(H,16,17). The van der Waals surface area contributed by atoms with E-state index in [2.05, 4.69) is 15.9 Å². The van der Waals surface area contributed by atoms with Crippen LogP contribution in [0.1, 0.15) is 22.8 Å². The van der Waals surface area contributed by atoms with Gasteiger partial charge >= 0.3 is 5.97 Å². The third-order valence-corrected chi connectivity index (χ3v) is 2.99. The lowest BCUT2D eigenvalue weighted by Crippen LogP contribution is -2.15. The zero-order valence-electron chi connectivity index (χ0n) is 9.31. The normalized spacial score (nSPS) is 12.2. The second-order valence-electron chi connectivity index (χ2n) is 3.79. The lowest BCUT2D eigenvalue weighted by atomic mass is 9.96. The van der Waals surface area contributed by atoms with Gasteiger partial charge in [-0.25, -0.2) is 4.79 Å². The molecular formula is C12H13BrO4. The van der Waals surface area contributed by atoms with Gasteiger partial charge in [-0.3, -0.25) is 4.79 Å². The average molecular weight is 301 g/mol. The number of carboxylic acids is 1. The number of aryl methyl sites for hydroxylation is 1. The maximum atomic E-state index is 11.4. The molecule has 5 heteroatoms. The zero-order valence-corrected chi connectivity index (χ0v) is 10.9. The van der Waals surface area contributed by atoms with E-state index in [0.717, 1.165) is 5.56 Å². The van der Waals surface area contributed by atoms with Gasteiger partial charge in [0.2, 0.25) is 0 Å². The van der Waals surface area contributed by atoms with Crippen molar-refractivity contribution in [1.82, 2.24) is 0 Å². The van der Waals surface area contributed by atoms with Crippen molar-refractivity contribution in [1.29, 1.82) is 0 Å². The van der Waals surface area contributed by atoms with E-state index in [-0.39, 0.29) is 23.1 Å². The molecule has 92 valence electrons. The fourth-order valence-electron chi connectivity index (χ4n) is 1.55. The van der Waals surface area contributed by atoms with Crippen LogP contribution in [0.25, 0.3) is 0 Å². The number of carboxylic acid groups (broad SMARTS) is 1. The highest BCUT2D eigenvalue weighted by Crippen LogP contribution is 2.21. The molecular weight excluding hydrogens is 288 g/mol. The van der Waals surface area contributed by atoms with Crippen LogP contribution in [0.4, 0.5) is 0 Å². The van der Waals surface area contributed by atoms with E-state index in [0.29, 0.717) is 5.56 Å². The van der Waals surface area contributed by atoms with Crippen molar-refractivity contribution in [3.63, 3.8) is 0 Å². The molecule has 1 unspecified atom stereocenters. The number of aliphatic carboxylic acids is 1. The summed E-state index contributed by atoms with van der Waals surface area (Å²) in [5.74, 6) is -1.38. The largest absolute Gasteiger partial charge is 0.479 e. The van der Waals surface area contributed by atoms with Crippen LogP contribution in [0.3, 0.4) is 0 Å². The summed E-state index contributed by atoms with van der Waals surface area (Å²) >= 11 is 3.05. The Hall–Kier alpha value is -1.20.